The van der Waals surface area contributed by atoms with Gasteiger partial charge in [0.2, 0.25) is 10.0 Å². The molecule has 5 nitrogen and oxygen atoms in total. The maximum absolute atomic E-state index is 12.5. The lowest BCUT2D eigenvalue weighted by molar-refractivity contribution is 0.189. The molecule has 1 aromatic rings. The van der Waals surface area contributed by atoms with Gasteiger partial charge in [-0.3, -0.25) is 0 Å². The predicted octanol–water partition coefficient (Wildman–Crippen LogP) is 1.76. The van der Waals surface area contributed by atoms with Gasteiger partial charge in [0.05, 0.1) is 4.90 Å². The fourth-order valence-electron chi connectivity index (χ4n) is 1.99. The number of hydrogen-bond acceptors (Lipinski definition) is 4. The number of rotatable bonds is 9. The first-order valence-corrected chi connectivity index (χ1v) is 8.63. The summed E-state index contributed by atoms with van der Waals surface area (Å²) in [5.41, 5.74) is 2.11. The molecule has 0 amide bonds. The van der Waals surface area contributed by atoms with Crippen molar-refractivity contribution in [2.24, 2.45) is 0 Å². The first kappa shape index (κ1) is 18.1. The summed E-state index contributed by atoms with van der Waals surface area (Å²) in [5.74, 6) is 0. The zero-order chi connectivity index (χ0) is 15.9. The third-order valence-electron chi connectivity index (χ3n) is 3.42. The number of hydrogen-bond donors (Lipinski definition) is 1. The monoisotopic (exact) mass is 314 g/mol. The molecule has 0 bridgehead atoms. The first-order chi connectivity index (χ1) is 9.93. The van der Waals surface area contributed by atoms with Crippen LogP contribution in [0.3, 0.4) is 0 Å². The van der Waals surface area contributed by atoms with Crippen molar-refractivity contribution in [1.82, 2.24) is 9.62 Å². The van der Waals surface area contributed by atoms with Crippen LogP contribution in [0.25, 0.3) is 0 Å². The minimum Gasteiger partial charge on any atom is -0.385 e. The molecule has 120 valence electrons. The van der Waals surface area contributed by atoms with Crippen molar-refractivity contribution in [3.05, 3.63) is 29.3 Å². The zero-order valence-corrected chi connectivity index (χ0v) is 14.2. The highest BCUT2D eigenvalue weighted by molar-refractivity contribution is 7.89. The van der Waals surface area contributed by atoms with Gasteiger partial charge in [0.25, 0.3) is 0 Å². The molecule has 21 heavy (non-hydrogen) atoms. The van der Waals surface area contributed by atoms with E-state index in [2.05, 4.69) is 5.32 Å². The van der Waals surface area contributed by atoms with E-state index in [0.717, 1.165) is 17.7 Å². The highest BCUT2D eigenvalue weighted by Gasteiger charge is 2.21. The fourth-order valence-corrected chi connectivity index (χ4v) is 3.25. The van der Waals surface area contributed by atoms with Crippen LogP contribution >= 0.6 is 0 Å². The minimum atomic E-state index is -3.43. The number of benzene rings is 1. The summed E-state index contributed by atoms with van der Waals surface area (Å²) in [7, 11) is -0.215. The maximum atomic E-state index is 12.5. The molecule has 0 saturated heterocycles. The Balaban J connectivity index is 2.92. The molecule has 1 rings (SSSR count). The first-order valence-electron chi connectivity index (χ1n) is 7.19. The van der Waals surface area contributed by atoms with Crippen molar-refractivity contribution in [2.75, 3.05) is 33.9 Å². The predicted molar refractivity (Wildman–Crippen MR) is 84.9 cm³/mol. The Morgan fingerprint density at radius 2 is 2.05 bits per heavy atom. The largest absolute Gasteiger partial charge is 0.385 e. The van der Waals surface area contributed by atoms with Gasteiger partial charge in [-0.2, -0.15) is 0 Å². The third kappa shape index (κ3) is 5.07. The zero-order valence-electron chi connectivity index (χ0n) is 13.3. The summed E-state index contributed by atoms with van der Waals surface area (Å²) < 4.78 is 31.4. The Morgan fingerprint density at radius 1 is 1.33 bits per heavy atom. The molecule has 0 aliphatic heterocycles. The van der Waals surface area contributed by atoms with Crippen molar-refractivity contribution in [3.63, 3.8) is 0 Å². The lowest BCUT2D eigenvalue weighted by Gasteiger charge is -2.18. The maximum Gasteiger partial charge on any atom is 0.242 e. The van der Waals surface area contributed by atoms with Crippen LogP contribution in [0.5, 0.6) is 0 Å². The second kappa shape index (κ2) is 8.48. The van der Waals surface area contributed by atoms with Gasteiger partial charge in [-0.15, -0.1) is 0 Å². The van der Waals surface area contributed by atoms with Crippen LogP contribution in [-0.2, 0) is 21.3 Å². The molecule has 0 spiro atoms. The molecule has 0 heterocycles. The van der Waals surface area contributed by atoms with Gasteiger partial charge < -0.3 is 10.1 Å². The van der Waals surface area contributed by atoms with Crippen LogP contribution in [0, 0.1) is 6.92 Å². The normalized spacial score (nSPS) is 12.0. The van der Waals surface area contributed by atoms with Gasteiger partial charge in [-0.25, -0.2) is 12.7 Å². The molecule has 0 saturated carbocycles. The Labute approximate surface area is 128 Å². The Bertz CT molecular complexity index is 544. The van der Waals surface area contributed by atoms with E-state index >= 15 is 0 Å². The molecular formula is C15H26N2O3S. The second-order valence-corrected chi connectivity index (χ2v) is 7.09. The molecule has 6 heteroatoms. The van der Waals surface area contributed by atoms with Crippen LogP contribution in [0.1, 0.15) is 24.5 Å². The van der Waals surface area contributed by atoms with Gasteiger partial charge in [0.15, 0.2) is 0 Å². The summed E-state index contributed by atoms with van der Waals surface area (Å²) in [5, 5.41) is 3.23. The van der Waals surface area contributed by atoms with Crippen molar-refractivity contribution in [3.8, 4) is 0 Å². The van der Waals surface area contributed by atoms with Gasteiger partial charge in [0, 0.05) is 33.9 Å². The lowest BCUT2D eigenvalue weighted by atomic mass is 10.1. The van der Waals surface area contributed by atoms with E-state index in [1.54, 1.807) is 26.3 Å². The average Bonchev–Trinajstić information content (AvgIpc) is 2.46. The number of sulfonamides is 1. The van der Waals surface area contributed by atoms with E-state index in [0.29, 0.717) is 31.0 Å². The van der Waals surface area contributed by atoms with Gasteiger partial charge in [0.1, 0.15) is 0 Å². The summed E-state index contributed by atoms with van der Waals surface area (Å²) in [6.45, 7) is 6.56. The fraction of sp³-hybridized carbons (Fsp3) is 0.600. The summed E-state index contributed by atoms with van der Waals surface area (Å²) in [6, 6.07) is 5.30. The van der Waals surface area contributed by atoms with E-state index in [1.165, 1.54) is 4.31 Å². The molecule has 1 aromatic carbocycles. The molecule has 0 aliphatic rings. The molecule has 0 aliphatic carbocycles. The van der Waals surface area contributed by atoms with E-state index < -0.39 is 10.0 Å². The summed E-state index contributed by atoms with van der Waals surface area (Å²) in [4.78, 5) is 0.348. The standard InChI is InChI=1S/C15H26N2O3S/c1-5-16-12-14-11-15(8-7-13(14)2)21(18,19)17(3)9-6-10-20-4/h7-8,11,16H,5-6,9-10,12H2,1-4H3. The highest BCUT2D eigenvalue weighted by atomic mass is 32.2. The lowest BCUT2D eigenvalue weighted by Crippen LogP contribution is -2.28. The number of methoxy groups -OCH3 is 1. The van der Waals surface area contributed by atoms with E-state index in [1.807, 2.05) is 19.9 Å². The van der Waals surface area contributed by atoms with E-state index in [9.17, 15) is 8.42 Å². The SMILES string of the molecule is CCNCc1cc(S(=O)(=O)N(C)CCCOC)ccc1C. The smallest absolute Gasteiger partial charge is 0.242 e. The minimum absolute atomic E-state index is 0.348. The Morgan fingerprint density at radius 3 is 2.67 bits per heavy atom. The van der Waals surface area contributed by atoms with Crippen molar-refractivity contribution >= 4 is 10.0 Å². The van der Waals surface area contributed by atoms with Crippen LogP contribution in [0.4, 0.5) is 0 Å². The number of aryl methyl sites for hydroxylation is 1. The van der Waals surface area contributed by atoms with Gasteiger partial charge in [-0.1, -0.05) is 13.0 Å². The van der Waals surface area contributed by atoms with Crippen LogP contribution in [-0.4, -0.2) is 46.6 Å². The molecule has 1 N–H and O–H groups in total. The summed E-state index contributed by atoms with van der Waals surface area (Å²) in [6.07, 6.45) is 0.683. The highest BCUT2D eigenvalue weighted by Crippen LogP contribution is 2.19. The van der Waals surface area contributed by atoms with Crippen molar-refractivity contribution < 1.29 is 13.2 Å². The van der Waals surface area contributed by atoms with E-state index in [4.69, 9.17) is 4.74 Å². The summed E-state index contributed by atoms with van der Waals surface area (Å²) >= 11 is 0. The molecule has 0 fully saturated rings. The molecule has 0 atom stereocenters. The molecule has 0 aromatic heterocycles. The van der Waals surface area contributed by atoms with Crippen molar-refractivity contribution in [1.29, 1.82) is 0 Å². The third-order valence-corrected chi connectivity index (χ3v) is 5.27. The van der Waals surface area contributed by atoms with E-state index in [-0.39, 0.29) is 0 Å². The number of ether oxygens (including phenoxy) is 1. The van der Waals surface area contributed by atoms with Crippen LogP contribution in [0.2, 0.25) is 0 Å². The second-order valence-electron chi connectivity index (χ2n) is 5.04. The van der Waals surface area contributed by atoms with Crippen LogP contribution in [0.15, 0.2) is 23.1 Å². The number of nitrogens with zero attached hydrogens (tertiary/aromatic N) is 1. The number of nitrogens with one attached hydrogen (secondary N) is 1. The topological polar surface area (TPSA) is 58.6 Å². The van der Waals surface area contributed by atoms with Crippen molar-refractivity contribution in [2.45, 2.75) is 31.7 Å². The Kier molecular flexibility index (Phi) is 7.31. The van der Waals surface area contributed by atoms with Gasteiger partial charge >= 0.3 is 0 Å². The molecular weight excluding hydrogens is 288 g/mol. The molecule has 0 unspecified atom stereocenters. The Hall–Kier alpha value is -0.950. The molecule has 0 radical (unpaired) electrons. The van der Waals surface area contributed by atoms with Gasteiger partial charge in [-0.05, 0) is 43.1 Å². The quantitative estimate of drug-likeness (QED) is 0.706. The average molecular weight is 314 g/mol. The van der Waals surface area contributed by atoms with Crippen LogP contribution < -0.4 is 5.32 Å².